The number of amides is 1. The maximum atomic E-state index is 12.8. The number of rotatable bonds is 5. The van der Waals surface area contributed by atoms with Gasteiger partial charge in [-0.25, -0.2) is 4.98 Å². The molecule has 1 aromatic rings. The lowest BCUT2D eigenvalue weighted by Crippen LogP contribution is -2.48. The van der Waals surface area contributed by atoms with Gasteiger partial charge in [0.15, 0.2) is 0 Å². The molecular formula is C17H22N4O2. The fourth-order valence-electron chi connectivity index (χ4n) is 2.82. The lowest BCUT2D eigenvalue weighted by molar-refractivity contribution is -0.0332. The van der Waals surface area contributed by atoms with E-state index in [-0.39, 0.29) is 12.0 Å². The SMILES string of the molecule is CN1CCO[C@H](CN(CC2CC2)C(=O)c2ccc(C#N)cn2)C1. The van der Waals surface area contributed by atoms with Crippen molar-refractivity contribution in [2.24, 2.45) is 5.92 Å². The van der Waals surface area contributed by atoms with Gasteiger partial charge in [0.2, 0.25) is 0 Å². The van der Waals surface area contributed by atoms with E-state index in [1.54, 1.807) is 12.1 Å². The Morgan fingerprint density at radius 3 is 2.91 bits per heavy atom. The number of likely N-dealkylation sites (N-methyl/N-ethyl adjacent to an activating group) is 1. The number of ether oxygens (including phenoxy) is 1. The average Bonchev–Trinajstić information content (AvgIpc) is 3.38. The van der Waals surface area contributed by atoms with E-state index in [0.29, 0.717) is 30.3 Å². The van der Waals surface area contributed by atoms with Gasteiger partial charge >= 0.3 is 0 Å². The number of hydrogen-bond donors (Lipinski definition) is 0. The van der Waals surface area contributed by atoms with Crippen molar-refractivity contribution >= 4 is 5.91 Å². The van der Waals surface area contributed by atoms with Gasteiger partial charge < -0.3 is 14.5 Å². The predicted molar refractivity (Wildman–Crippen MR) is 84.8 cm³/mol. The van der Waals surface area contributed by atoms with Crippen molar-refractivity contribution in [1.82, 2.24) is 14.8 Å². The van der Waals surface area contributed by atoms with Crippen molar-refractivity contribution in [3.63, 3.8) is 0 Å². The van der Waals surface area contributed by atoms with Gasteiger partial charge in [-0.2, -0.15) is 5.26 Å². The molecule has 3 rings (SSSR count). The molecule has 1 saturated heterocycles. The van der Waals surface area contributed by atoms with E-state index in [4.69, 9.17) is 10.00 Å². The van der Waals surface area contributed by atoms with Crippen LogP contribution in [0.15, 0.2) is 18.3 Å². The maximum absolute atomic E-state index is 12.8. The van der Waals surface area contributed by atoms with Gasteiger partial charge in [0, 0.05) is 32.4 Å². The van der Waals surface area contributed by atoms with Crippen LogP contribution < -0.4 is 0 Å². The molecule has 6 nitrogen and oxygen atoms in total. The standard InChI is InChI=1S/C17H22N4O2/c1-20-6-7-23-15(11-20)12-21(10-13-2-3-13)17(22)16-5-4-14(8-18)9-19-16/h4-5,9,13,15H,2-3,6-7,10-12H2,1H3/t15-/m0/s1. The molecule has 0 bridgehead atoms. The lowest BCUT2D eigenvalue weighted by Gasteiger charge is -2.34. The number of morpholine rings is 1. The fourth-order valence-corrected chi connectivity index (χ4v) is 2.82. The Morgan fingerprint density at radius 2 is 2.30 bits per heavy atom. The molecule has 0 unspecified atom stereocenters. The van der Waals surface area contributed by atoms with Crippen LogP contribution in [0.5, 0.6) is 0 Å². The topological polar surface area (TPSA) is 69.5 Å². The van der Waals surface area contributed by atoms with Crippen LogP contribution >= 0.6 is 0 Å². The van der Waals surface area contributed by atoms with E-state index in [1.807, 2.05) is 11.0 Å². The molecule has 1 aliphatic carbocycles. The molecule has 2 heterocycles. The first kappa shape index (κ1) is 15.9. The highest BCUT2D eigenvalue weighted by molar-refractivity contribution is 5.92. The van der Waals surface area contributed by atoms with E-state index in [1.165, 1.54) is 19.0 Å². The number of nitriles is 1. The average molecular weight is 314 g/mol. The number of carbonyl (C=O) groups excluding carboxylic acids is 1. The third kappa shape index (κ3) is 4.27. The summed E-state index contributed by atoms with van der Waals surface area (Å²) in [4.78, 5) is 21.0. The lowest BCUT2D eigenvalue weighted by atomic mass is 10.2. The number of pyridine rings is 1. The molecule has 1 saturated carbocycles. The van der Waals surface area contributed by atoms with E-state index in [9.17, 15) is 4.79 Å². The van der Waals surface area contributed by atoms with Crippen molar-refractivity contribution in [1.29, 1.82) is 5.26 Å². The first-order valence-electron chi connectivity index (χ1n) is 8.11. The number of aromatic nitrogens is 1. The van der Waals surface area contributed by atoms with Gasteiger partial charge in [-0.3, -0.25) is 4.79 Å². The zero-order chi connectivity index (χ0) is 16.2. The molecule has 1 aromatic heterocycles. The van der Waals surface area contributed by atoms with E-state index in [0.717, 1.165) is 19.6 Å². The molecule has 6 heteroatoms. The van der Waals surface area contributed by atoms with E-state index >= 15 is 0 Å². The van der Waals surface area contributed by atoms with Crippen molar-refractivity contribution in [3.8, 4) is 6.07 Å². The van der Waals surface area contributed by atoms with Gasteiger partial charge in [0.25, 0.3) is 5.91 Å². The zero-order valence-corrected chi connectivity index (χ0v) is 13.4. The van der Waals surface area contributed by atoms with Crippen LogP contribution in [-0.2, 0) is 4.74 Å². The monoisotopic (exact) mass is 314 g/mol. The second-order valence-electron chi connectivity index (χ2n) is 6.45. The summed E-state index contributed by atoms with van der Waals surface area (Å²) in [5.74, 6) is 0.539. The minimum absolute atomic E-state index is 0.0508. The summed E-state index contributed by atoms with van der Waals surface area (Å²) in [7, 11) is 2.07. The van der Waals surface area contributed by atoms with Gasteiger partial charge in [-0.1, -0.05) is 0 Å². The number of carbonyl (C=O) groups is 1. The minimum atomic E-state index is -0.0711. The fraction of sp³-hybridized carbons (Fsp3) is 0.588. The van der Waals surface area contributed by atoms with E-state index < -0.39 is 0 Å². The number of nitrogens with zero attached hydrogens (tertiary/aromatic N) is 4. The van der Waals surface area contributed by atoms with Crippen LogP contribution in [0.25, 0.3) is 0 Å². The summed E-state index contributed by atoms with van der Waals surface area (Å²) in [6, 6.07) is 5.30. The first-order valence-corrected chi connectivity index (χ1v) is 8.11. The molecule has 0 spiro atoms. The quantitative estimate of drug-likeness (QED) is 0.815. The molecular weight excluding hydrogens is 292 g/mol. The molecule has 122 valence electrons. The van der Waals surface area contributed by atoms with Crippen molar-refractivity contribution in [2.75, 3.05) is 39.8 Å². The summed E-state index contributed by atoms with van der Waals surface area (Å²) in [5.41, 5.74) is 0.862. The largest absolute Gasteiger partial charge is 0.374 e. The van der Waals surface area contributed by atoms with Crippen LogP contribution in [0, 0.1) is 17.2 Å². The Kier molecular flexibility index (Phi) is 4.89. The second-order valence-corrected chi connectivity index (χ2v) is 6.45. The Balaban J connectivity index is 1.69. The highest BCUT2D eigenvalue weighted by Crippen LogP contribution is 2.30. The van der Waals surface area contributed by atoms with Crippen LogP contribution in [0.2, 0.25) is 0 Å². The summed E-state index contributed by atoms with van der Waals surface area (Å²) < 4.78 is 5.80. The summed E-state index contributed by atoms with van der Waals surface area (Å²) in [5, 5.41) is 8.84. The smallest absolute Gasteiger partial charge is 0.272 e. The van der Waals surface area contributed by atoms with Crippen LogP contribution in [0.1, 0.15) is 28.9 Å². The Morgan fingerprint density at radius 1 is 1.48 bits per heavy atom. The summed E-state index contributed by atoms with van der Waals surface area (Å²) in [6.45, 7) is 3.85. The van der Waals surface area contributed by atoms with Gasteiger partial charge in [0.1, 0.15) is 11.8 Å². The molecule has 1 aliphatic heterocycles. The van der Waals surface area contributed by atoms with Crippen molar-refractivity contribution < 1.29 is 9.53 Å². The highest BCUT2D eigenvalue weighted by Gasteiger charge is 2.30. The van der Waals surface area contributed by atoms with Crippen molar-refractivity contribution in [2.45, 2.75) is 18.9 Å². The van der Waals surface area contributed by atoms with Crippen molar-refractivity contribution in [3.05, 3.63) is 29.6 Å². The number of hydrogen-bond acceptors (Lipinski definition) is 5. The molecule has 2 fully saturated rings. The maximum Gasteiger partial charge on any atom is 0.272 e. The minimum Gasteiger partial charge on any atom is -0.374 e. The molecule has 0 aromatic carbocycles. The van der Waals surface area contributed by atoms with Crippen LogP contribution in [0.4, 0.5) is 0 Å². The first-order chi connectivity index (χ1) is 11.2. The third-order valence-corrected chi connectivity index (χ3v) is 4.34. The predicted octanol–water partition coefficient (Wildman–Crippen LogP) is 1.14. The molecule has 0 radical (unpaired) electrons. The molecule has 0 N–H and O–H groups in total. The van der Waals surface area contributed by atoms with Gasteiger partial charge in [0.05, 0.1) is 18.3 Å². The van der Waals surface area contributed by atoms with Crippen LogP contribution in [0.3, 0.4) is 0 Å². The normalized spacial score (nSPS) is 21.7. The molecule has 1 amide bonds. The summed E-state index contributed by atoms with van der Waals surface area (Å²) in [6.07, 6.45) is 3.88. The highest BCUT2D eigenvalue weighted by atomic mass is 16.5. The Labute approximate surface area is 136 Å². The van der Waals surface area contributed by atoms with Crippen LogP contribution in [-0.4, -0.2) is 66.6 Å². The van der Waals surface area contributed by atoms with Gasteiger partial charge in [-0.15, -0.1) is 0 Å². The van der Waals surface area contributed by atoms with Gasteiger partial charge in [-0.05, 0) is 37.9 Å². The molecule has 2 aliphatic rings. The second kappa shape index (κ2) is 7.07. The zero-order valence-electron chi connectivity index (χ0n) is 13.4. The third-order valence-electron chi connectivity index (χ3n) is 4.34. The Bertz CT molecular complexity index is 592. The molecule has 1 atom stereocenters. The van der Waals surface area contributed by atoms with E-state index in [2.05, 4.69) is 16.9 Å². The summed E-state index contributed by atoms with van der Waals surface area (Å²) >= 11 is 0. The Hall–Kier alpha value is -1.97. The molecule has 23 heavy (non-hydrogen) atoms.